The molecule has 0 unspecified atom stereocenters. The number of thioether (sulfide) groups is 1. The lowest BCUT2D eigenvalue weighted by Crippen LogP contribution is -2.14. The summed E-state index contributed by atoms with van der Waals surface area (Å²) in [5, 5.41) is 18.0. The molecule has 1 amide bonds. The molecule has 3 heterocycles. The van der Waals surface area contributed by atoms with E-state index in [1.165, 1.54) is 28.0 Å². The molecule has 0 spiro atoms. The normalized spacial score (nSPS) is 11.2. The summed E-state index contributed by atoms with van der Waals surface area (Å²) in [7, 11) is 0. The third-order valence-corrected chi connectivity index (χ3v) is 8.13. The van der Waals surface area contributed by atoms with Crippen molar-refractivity contribution in [2.75, 3.05) is 11.1 Å². The fourth-order valence-corrected chi connectivity index (χ4v) is 6.31. The van der Waals surface area contributed by atoms with Crippen molar-refractivity contribution in [2.24, 2.45) is 0 Å². The number of nitrogens with zero attached hydrogens (tertiary/aromatic N) is 4. The fraction of sp³-hybridized carbons (Fsp3) is 0.304. The number of anilines is 1. The van der Waals surface area contributed by atoms with Gasteiger partial charge in [-0.25, -0.2) is 4.98 Å². The molecule has 6 nitrogen and oxygen atoms in total. The van der Waals surface area contributed by atoms with Crippen LogP contribution < -0.4 is 5.32 Å². The molecule has 1 N–H and O–H groups in total. The summed E-state index contributed by atoms with van der Waals surface area (Å²) in [5.74, 6) is 0.914. The number of amides is 1. The highest BCUT2D eigenvalue weighted by atomic mass is 35.5. The van der Waals surface area contributed by atoms with Crippen molar-refractivity contribution < 1.29 is 4.79 Å². The SMILES string of the molecule is CCCc1cc(-c2nnc(SCC(=O)Nc3nc(-c4ccc(Cl)cc4Cl)cs3)n2CCC)cs1. The maximum atomic E-state index is 12.6. The minimum Gasteiger partial charge on any atom is -0.302 e. The molecule has 0 aliphatic carbocycles. The predicted molar refractivity (Wildman–Crippen MR) is 145 cm³/mol. The first-order chi connectivity index (χ1) is 16.5. The van der Waals surface area contributed by atoms with Crippen LogP contribution in [0.15, 0.2) is 40.2 Å². The molecule has 3 aromatic heterocycles. The zero-order valence-corrected chi connectivity index (χ0v) is 22.6. The number of aromatic nitrogens is 4. The first kappa shape index (κ1) is 25.2. The number of thiophene rings is 1. The molecule has 11 heteroatoms. The Morgan fingerprint density at radius 3 is 2.74 bits per heavy atom. The van der Waals surface area contributed by atoms with Crippen LogP contribution in [0.3, 0.4) is 0 Å². The summed E-state index contributed by atoms with van der Waals surface area (Å²) in [6.07, 6.45) is 3.13. The van der Waals surface area contributed by atoms with Crippen LogP contribution in [0.25, 0.3) is 22.6 Å². The van der Waals surface area contributed by atoms with E-state index in [-0.39, 0.29) is 11.7 Å². The highest BCUT2D eigenvalue weighted by Gasteiger charge is 2.17. The first-order valence-electron chi connectivity index (χ1n) is 10.8. The Hall–Kier alpha value is -1.91. The van der Waals surface area contributed by atoms with Gasteiger partial charge < -0.3 is 9.88 Å². The van der Waals surface area contributed by atoms with Gasteiger partial charge in [0.05, 0.1) is 16.5 Å². The number of rotatable bonds is 10. The van der Waals surface area contributed by atoms with Gasteiger partial charge in [-0.3, -0.25) is 4.79 Å². The third-order valence-electron chi connectivity index (χ3n) is 4.86. The average Bonchev–Trinajstić information content (AvgIpc) is 3.53. The molecule has 34 heavy (non-hydrogen) atoms. The molecule has 0 fully saturated rings. The topological polar surface area (TPSA) is 72.7 Å². The first-order valence-corrected chi connectivity index (χ1v) is 14.3. The van der Waals surface area contributed by atoms with Crippen molar-refractivity contribution in [3.8, 4) is 22.6 Å². The molecule has 178 valence electrons. The van der Waals surface area contributed by atoms with Crippen LogP contribution >= 0.6 is 57.6 Å². The third kappa shape index (κ3) is 6.01. The van der Waals surface area contributed by atoms with Gasteiger partial charge in [0.2, 0.25) is 5.91 Å². The molecular weight excluding hydrogens is 529 g/mol. The number of thiazole rings is 1. The monoisotopic (exact) mass is 551 g/mol. The highest BCUT2D eigenvalue weighted by molar-refractivity contribution is 7.99. The second-order valence-electron chi connectivity index (χ2n) is 7.51. The van der Waals surface area contributed by atoms with Gasteiger partial charge >= 0.3 is 0 Å². The molecule has 0 saturated heterocycles. The maximum absolute atomic E-state index is 12.6. The lowest BCUT2D eigenvalue weighted by Gasteiger charge is -2.08. The van der Waals surface area contributed by atoms with Gasteiger partial charge in [-0.05, 0) is 37.1 Å². The van der Waals surface area contributed by atoms with Crippen LogP contribution in [-0.2, 0) is 17.8 Å². The van der Waals surface area contributed by atoms with Gasteiger partial charge in [-0.15, -0.1) is 32.9 Å². The summed E-state index contributed by atoms with van der Waals surface area (Å²) in [5.41, 5.74) is 2.55. The number of halogens is 2. The maximum Gasteiger partial charge on any atom is 0.236 e. The zero-order valence-electron chi connectivity index (χ0n) is 18.7. The van der Waals surface area contributed by atoms with Gasteiger partial charge in [0.25, 0.3) is 0 Å². The van der Waals surface area contributed by atoms with Crippen molar-refractivity contribution in [1.82, 2.24) is 19.7 Å². The lowest BCUT2D eigenvalue weighted by atomic mass is 10.2. The van der Waals surface area contributed by atoms with E-state index in [0.29, 0.717) is 20.9 Å². The summed E-state index contributed by atoms with van der Waals surface area (Å²) >= 11 is 16.7. The number of nitrogens with one attached hydrogen (secondary N) is 1. The number of carbonyl (C=O) groups is 1. The van der Waals surface area contributed by atoms with E-state index in [1.54, 1.807) is 23.5 Å². The average molecular weight is 553 g/mol. The van der Waals surface area contributed by atoms with E-state index in [0.717, 1.165) is 47.9 Å². The van der Waals surface area contributed by atoms with E-state index in [9.17, 15) is 4.79 Å². The van der Waals surface area contributed by atoms with E-state index < -0.39 is 0 Å². The molecule has 0 bridgehead atoms. The lowest BCUT2D eigenvalue weighted by molar-refractivity contribution is -0.113. The van der Waals surface area contributed by atoms with E-state index >= 15 is 0 Å². The summed E-state index contributed by atoms with van der Waals surface area (Å²) in [4.78, 5) is 18.4. The molecule has 4 rings (SSSR count). The Bertz CT molecular complexity index is 1280. The van der Waals surface area contributed by atoms with E-state index in [2.05, 4.69) is 50.4 Å². The van der Waals surface area contributed by atoms with E-state index in [4.69, 9.17) is 23.2 Å². The van der Waals surface area contributed by atoms with E-state index in [1.807, 2.05) is 11.4 Å². The largest absolute Gasteiger partial charge is 0.302 e. The van der Waals surface area contributed by atoms with Crippen molar-refractivity contribution >= 4 is 68.7 Å². The van der Waals surface area contributed by atoms with Crippen LogP contribution in [0.4, 0.5) is 5.13 Å². The van der Waals surface area contributed by atoms with Gasteiger partial charge in [0.1, 0.15) is 0 Å². The standard InChI is InChI=1S/C23H23Cl2N5OS3/c1-3-5-16-9-14(11-32-16)21-28-29-23(30(21)8-4-2)34-13-20(31)27-22-26-19(12-33-22)17-7-6-15(24)10-18(17)25/h6-7,9-12H,3-5,8,13H2,1-2H3,(H,26,27,31). The predicted octanol–water partition coefficient (Wildman–Crippen LogP) is 7.53. The quantitative estimate of drug-likeness (QED) is 0.206. The second kappa shape index (κ2) is 11.7. The summed E-state index contributed by atoms with van der Waals surface area (Å²) < 4.78 is 2.10. The van der Waals surface area contributed by atoms with Crippen LogP contribution in [0.5, 0.6) is 0 Å². The zero-order chi connectivity index (χ0) is 24.1. The van der Waals surface area contributed by atoms with Gasteiger partial charge in [0.15, 0.2) is 16.1 Å². The van der Waals surface area contributed by atoms with Crippen LogP contribution in [-0.4, -0.2) is 31.4 Å². The van der Waals surface area contributed by atoms with Crippen molar-refractivity contribution in [3.05, 3.63) is 49.9 Å². The van der Waals surface area contributed by atoms with Gasteiger partial charge in [-0.2, -0.15) is 0 Å². The van der Waals surface area contributed by atoms with Crippen LogP contribution in [0, 0.1) is 0 Å². The summed E-state index contributed by atoms with van der Waals surface area (Å²) in [6, 6.07) is 7.45. The Balaban J connectivity index is 1.41. The second-order valence-corrected chi connectivity index (χ2v) is 11.1. The number of benzene rings is 1. The molecule has 0 aliphatic heterocycles. The number of carbonyl (C=O) groups excluding carboxylic acids is 1. The highest BCUT2D eigenvalue weighted by Crippen LogP contribution is 2.33. The molecule has 0 radical (unpaired) electrons. The Kier molecular flexibility index (Phi) is 8.65. The fourth-order valence-electron chi connectivity index (χ4n) is 3.35. The Morgan fingerprint density at radius 1 is 1.12 bits per heavy atom. The molecule has 1 aromatic carbocycles. The summed E-state index contributed by atoms with van der Waals surface area (Å²) in [6.45, 7) is 5.09. The Morgan fingerprint density at radius 2 is 1.97 bits per heavy atom. The van der Waals surface area contributed by atoms with Crippen molar-refractivity contribution in [3.63, 3.8) is 0 Å². The van der Waals surface area contributed by atoms with Gasteiger partial charge in [-0.1, -0.05) is 55.2 Å². The molecule has 0 saturated carbocycles. The minimum absolute atomic E-state index is 0.151. The van der Waals surface area contributed by atoms with Crippen LogP contribution in [0.2, 0.25) is 10.0 Å². The molecule has 4 aromatic rings. The Labute approximate surface area is 220 Å². The van der Waals surface area contributed by atoms with Crippen molar-refractivity contribution in [1.29, 1.82) is 0 Å². The van der Waals surface area contributed by atoms with Gasteiger partial charge in [0, 0.05) is 38.3 Å². The smallest absolute Gasteiger partial charge is 0.236 e. The number of hydrogen-bond donors (Lipinski definition) is 1. The molecular formula is C23H23Cl2N5OS3. The number of hydrogen-bond acceptors (Lipinski definition) is 7. The number of aryl methyl sites for hydroxylation is 1. The van der Waals surface area contributed by atoms with Crippen molar-refractivity contribution in [2.45, 2.75) is 44.8 Å². The molecule has 0 atom stereocenters. The van der Waals surface area contributed by atoms with Crippen LogP contribution in [0.1, 0.15) is 31.6 Å². The molecule has 0 aliphatic rings. The minimum atomic E-state index is -0.151.